The van der Waals surface area contributed by atoms with E-state index in [1.807, 2.05) is 0 Å². The second-order valence-electron chi connectivity index (χ2n) is 4.62. The highest BCUT2D eigenvalue weighted by Gasteiger charge is 2.19. The largest absolute Gasteiger partial charge is 0.348 e. The Morgan fingerprint density at radius 3 is 2.61 bits per heavy atom. The number of carbonyl (C=O) groups excluding carboxylic acids is 2. The van der Waals surface area contributed by atoms with Gasteiger partial charge in [-0.15, -0.1) is 0 Å². The van der Waals surface area contributed by atoms with Crippen molar-refractivity contribution >= 4 is 11.7 Å². The predicted molar refractivity (Wildman–Crippen MR) is 69.8 cm³/mol. The lowest BCUT2D eigenvalue weighted by molar-refractivity contribution is 0.0918. The molecule has 4 heteroatoms. The molecule has 1 amide bonds. The quantitative estimate of drug-likeness (QED) is 0.792. The average molecular weight is 246 g/mol. The summed E-state index contributed by atoms with van der Waals surface area (Å²) in [6.07, 6.45) is 2.06. The van der Waals surface area contributed by atoms with E-state index in [-0.39, 0.29) is 17.7 Å². The molecule has 1 aliphatic rings. The lowest BCUT2D eigenvalue weighted by Gasteiger charge is -2.24. The molecule has 1 unspecified atom stereocenters. The molecule has 0 aromatic heterocycles. The van der Waals surface area contributed by atoms with Crippen LogP contribution in [0.15, 0.2) is 24.3 Å². The molecule has 4 nitrogen and oxygen atoms in total. The maximum absolute atomic E-state index is 12.1. The van der Waals surface area contributed by atoms with Crippen LogP contribution in [-0.2, 0) is 0 Å². The number of hydrogen-bond donors (Lipinski definition) is 2. The summed E-state index contributed by atoms with van der Waals surface area (Å²) in [7, 11) is 0. The molecule has 2 N–H and O–H groups in total. The summed E-state index contributed by atoms with van der Waals surface area (Å²) in [6.45, 7) is 3.29. The molecule has 1 fully saturated rings. The van der Waals surface area contributed by atoms with Crippen molar-refractivity contribution in [1.82, 2.24) is 10.6 Å². The molecule has 0 radical (unpaired) electrons. The number of ketones is 1. The van der Waals surface area contributed by atoms with Gasteiger partial charge in [0.2, 0.25) is 0 Å². The molecule has 0 saturated carbocycles. The van der Waals surface area contributed by atoms with Crippen molar-refractivity contribution in [1.29, 1.82) is 0 Å². The number of carbonyl (C=O) groups is 2. The van der Waals surface area contributed by atoms with Crippen LogP contribution in [0.3, 0.4) is 0 Å². The van der Waals surface area contributed by atoms with Gasteiger partial charge in [0, 0.05) is 18.2 Å². The fourth-order valence-electron chi connectivity index (χ4n) is 2.23. The van der Waals surface area contributed by atoms with Crippen LogP contribution >= 0.6 is 0 Å². The highest BCUT2D eigenvalue weighted by atomic mass is 16.2. The van der Waals surface area contributed by atoms with E-state index in [0.29, 0.717) is 11.1 Å². The molecule has 0 bridgehead atoms. The summed E-state index contributed by atoms with van der Waals surface area (Å²) in [6, 6.07) is 7.10. The number of hydrogen-bond acceptors (Lipinski definition) is 3. The molecule has 1 aromatic carbocycles. The lowest BCUT2D eigenvalue weighted by Crippen LogP contribution is -2.45. The summed E-state index contributed by atoms with van der Waals surface area (Å²) in [5.41, 5.74) is 0.953. The van der Waals surface area contributed by atoms with Crippen molar-refractivity contribution in [3.63, 3.8) is 0 Å². The number of nitrogens with one attached hydrogen (secondary N) is 2. The van der Waals surface area contributed by atoms with Gasteiger partial charge in [0.25, 0.3) is 5.91 Å². The Kier molecular flexibility index (Phi) is 4.10. The Bertz CT molecular complexity index is 451. The molecule has 1 aromatic rings. The first kappa shape index (κ1) is 12.8. The fourth-order valence-corrected chi connectivity index (χ4v) is 2.23. The molecule has 0 spiro atoms. The maximum Gasteiger partial charge on any atom is 0.252 e. The van der Waals surface area contributed by atoms with Crippen molar-refractivity contribution in [3.05, 3.63) is 35.4 Å². The molecular formula is C14H18N2O2. The molecule has 0 aliphatic carbocycles. The smallest absolute Gasteiger partial charge is 0.252 e. The second-order valence-corrected chi connectivity index (χ2v) is 4.62. The number of piperidine rings is 1. The minimum absolute atomic E-state index is 0.0810. The van der Waals surface area contributed by atoms with Gasteiger partial charge in [-0.1, -0.05) is 18.2 Å². The van der Waals surface area contributed by atoms with E-state index in [1.165, 1.54) is 6.92 Å². The van der Waals surface area contributed by atoms with Crippen molar-refractivity contribution in [2.45, 2.75) is 25.8 Å². The van der Waals surface area contributed by atoms with Crippen molar-refractivity contribution in [2.75, 3.05) is 13.1 Å². The molecule has 2 rings (SSSR count). The standard InChI is InChI=1S/C14H18N2O2/c1-10(17)12-6-2-3-7-13(12)14(18)16-11-5-4-8-15-9-11/h2-3,6-7,11,15H,4-5,8-9H2,1H3,(H,16,18). The van der Waals surface area contributed by atoms with Crippen molar-refractivity contribution in [2.24, 2.45) is 0 Å². The first-order valence-electron chi connectivity index (χ1n) is 6.30. The maximum atomic E-state index is 12.1. The summed E-state index contributed by atoms with van der Waals surface area (Å²) in [5.74, 6) is -0.239. The fraction of sp³-hybridized carbons (Fsp3) is 0.429. The van der Waals surface area contributed by atoms with Gasteiger partial charge in [-0.2, -0.15) is 0 Å². The van der Waals surface area contributed by atoms with Crippen molar-refractivity contribution in [3.8, 4) is 0 Å². The highest BCUT2D eigenvalue weighted by Crippen LogP contribution is 2.11. The number of benzene rings is 1. The van der Waals surface area contributed by atoms with E-state index >= 15 is 0 Å². The van der Waals surface area contributed by atoms with Gasteiger partial charge in [-0.25, -0.2) is 0 Å². The lowest BCUT2D eigenvalue weighted by atomic mass is 10.0. The minimum Gasteiger partial charge on any atom is -0.348 e. The summed E-state index contributed by atoms with van der Waals surface area (Å²) in [5, 5.41) is 6.22. The van der Waals surface area contributed by atoms with Crippen LogP contribution in [0, 0.1) is 0 Å². The van der Waals surface area contributed by atoms with E-state index in [2.05, 4.69) is 10.6 Å². The Balaban J connectivity index is 2.10. The topological polar surface area (TPSA) is 58.2 Å². The minimum atomic E-state index is -0.158. The van der Waals surface area contributed by atoms with Gasteiger partial charge in [0.15, 0.2) is 5.78 Å². The third-order valence-corrected chi connectivity index (χ3v) is 3.18. The number of Topliss-reactive ketones (excluding diaryl/α,β-unsaturated/α-hetero) is 1. The van der Waals surface area contributed by atoms with Gasteiger partial charge >= 0.3 is 0 Å². The molecule has 1 aliphatic heterocycles. The zero-order valence-electron chi connectivity index (χ0n) is 10.5. The van der Waals surface area contributed by atoms with E-state index in [4.69, 9.17) is 0 Å². The molecule has 1 atom stereocenters. The van der Waals surface area contributed by atoms with Gasteiger partial charge in [0.1, 0.15) is 0 Å². The highest BCUT2D eigenvalue weighted by molar-refractivity contribution is 6.07. The predicted octanol–water partition coefficient (Wildman–Crippen LogP) is 1.37. The molecule has 1 heterocycles. The summed E-state index contributed by atoms with van der Waals surface area (Å²) < 4.78 is 0. The molecule has 18 heavy (non-hydrogen) atoms. The van der Waals surface area contributed by atoms with Crippen LogP contribution in [0.4, 0.5) is 0 Å². The molecule has 96 valence electrons. The number of amides is 1. The van der Waals surface area contributed by atoms with Crippen LogP contribution in [0.25, 0.3) is 0 Å². The Labute approximate surface area is 107 Å². The van der Waals surface area contributed by atoms with E-state index in [1.54, 1.807) is 24.3 Å². The van der Waals surface area contributed by atoms with E-state index < -0.39 is 0 Å². The molecule has 1 saturated heterocycles. The van der Waals surface area contributed by atoms with Crippen LogP contribution < -0.4 is 10.6 Å². The van der Waals surface area contributed by atoms with Crippen molar-refractivity contribution < 1.29 is 9.59 Å². The Morgan fingerprint density at radius 1 is 1.28 bits per heavy atom. The van der Waals surface area contributed by atoms with Crippen LogP contribution in [0.5, 0.6) is 0 Å². The summed E-state index contributed by atoms with van der Waals surface area (Å²) >= 11 is 0. The van der Waals surface area contributed by atoms with Crippen LogP contribution in [0.2, 0.25) is 0 Å². The monoisotopic (exact) mass is 246 g/mol. The zero-order valence-corrected chi connectivity index (χ0v) is 10.5. The zero-order chi connectivity index (χ0) is 13.0. The van der Waals surface area contributed by atoms with E-state index in [9.17, 15) is 9.59 Å². The first-order valence-corrected chi connectivity index (χ1v) is 6.30. The summed E-state index contributed by atoms with van der Waals surface area (Å²) in [4.78, 5) is 23.6. The van der Waals surface area contributed by atoms with Gasteiger partial charge < -0.3 is 10.6 Å². The second kappa shape index (κ2) is 5.78. The van der Waals surface area contributed by atoms with Gasteiger partial charge in [0.05, 0.1) is 5.56 Å². The normalized spacial score (nSPS) is 19.3. The average Bonchev–Trinajstić information content (AvgIpc) is 2.40. The van der Waals surface area contributed by atoms with Gasteiger partial charge in [-0.05, 0) is 32.4 Å². The van der Waals surface area contributed by atoms with Crippen LogP contribution in [-0.4, -0.2) is 30.8 Å². The molecular weight excluding hydrogens is 228 g/mol. The third kappa shape index (κ3) is 2.96. The SMILES string of the molecule is CC(=O)c1ccccc1C(=O)NC1CCCNC1. The third-order valence-electron chi connectivity index (χ3n) is 3.18. The van der Waals surface area contributed by atoms with Gasteiger partial charge in [-0.3, -0.25) is 9.59 Å². The Hall–Kier alpha value is -1.68. The Morgan fingerprint density at radius 2 is 2.00 bits per heavy atom. The number of rotatable bonds is 3. The van der Waals surface area contributed by atoms with E-state index in [0.717, 1.165) is 25.9 Å². The van der Waals surface area contributed by atoms with Crippen LogP contribution in [0.1, 0.15) is 40.5 Å². The first-order chi connectivity index (χ1) is 8.68.